The van der Waals surface area contributed by atoms with E-state index in [0.29, 0.717) is 11.6 Å². The average Bonchev–Trinajstić information content (AvgIpc) is 3.11. The van der Waals surface area contributed by atoms with E-state index in [9.17, 15) is 13.6 Å². The number of aromatic nitrogens is 2. The number of hydrogen-bond acceptors (Lipinski definition) is 2. The van der Waals surface area contributed by atoms with Crippen LogP contribution in [0.5, 0.6) is 0 Å². The second kappa shape index (κ2) is 5.67. The summed E-state index contributed by atoms with van der Waals surface area (Å²) in [4.78, 5) is 11.7. The molecule has 4 nitrogen and oxygen atoms in total. The monoisotopic (exact) mass is 271 g/mol. The first-order chi connectivity index (χ1) is 9.01. The first-order valence-electron chi connectivity index (χ1n) is 6.66. The average molecular weight is 271 g/mol. The maximum absolute atomic E-state index is 12.9. The second-order valence-electron chi connectivity index (χ2n) is 5.10. The number of alkyl halides is 2. The maximum atomic E-state index is 12.9. The number of hydrogen-bond donors (Lipinski definition) is 1. The summed E-state index contributed by atoms with van der Waals surface area (Å²) in [5, 5.41) is 6.90. The van der Waals surface area contributed by atoms with Crippen LogP contribution in [0.25, 0.3) is 0 Å². The van der Waals surface area contributed by atoms with E-state index in [1.54, 1.807) is 0 Å². The van der Waals surface area contributed by atoms with Crippen molar-refractivity contribution in [3.05, 3.63) is 17.5 Å². The molecule has 1 unspecified atom stereocenters. The largest absolute Gasteiger partial charge is 0.352 e. The van der Waals surface area contributed by atoms with Gasteiger partial charge in [-0.25, -0.2) is 8.78 Å². The van der Waals surface area contributed by atoms with Crippen LogP contribution in [0, 0.1) is 0 Å². The molecule has 1 heterocycles. The zero-order chi connectivity index (χ0) is 14.0. The third-order valence-corrected chi connectivity index (χ3v) is 3.36. The van der Waals surface area contributed by atoms with Gasteiger partial charge in [0.1, 0.15) is 12.2 Å². The smallest absolute Gasteiger partial charge is 0.280 e. The lowest BCUT2D eigenvalue weighted by molar-refractivity contribution is -0.122. The summed E-state index contributed by atoms with van der Waals surface area (Å²) in [7, 11) is 0. The molecule has 0 bridgehead atoms. The minimum Gasteiger partial charge on any atom is -0.352 e. The molecule has 1 atom stereocenters. The molecule has 1 amide bonds. The Hall–Kier alpha value is -1.46. The van der Waals surface area contributed by atoms with E-state index in [-0.39, 0.29) is 24.2 Å². The Morgan fingerprint density at radius 3 is 2.79 bits per heavy atom. The van der Waals surface area contributed by atoms with Crippen LogP contribution >= 0.6 is 0 Å². The van der Waals surface area contributed by atoms with Crippen LogP contribution in [-0.2, 0) is 11.3 Å². The summed E-state index contributed by atoms with van der Waals surface area (Å²) >= 11 is 0. The van der Waals surface area contributed by atoms with Crippen LogP contribution in [0.4, 0.5) is 8.78 Å². The number of halogens is 2. The zero-order valence-electron chi connectivity index (χ0n) is 11.2. The Morgan fingerprint density at radius 2 is 2.26 bits per heavy atom. The second-order valence-corrected chi connectivity index (χ2v) is 5.10. The molecule has 1 aliphatic carbocycles. The predicted octanol–water partition coefficient (Wildman–Crippen LogP) is 2.61. The van der Waals surface area contributed by atoms with Gasteiger partial charge in [0.15, 0.2) is 0 Å². The van der Waals surface area contributed by atoms with Crippen molar-refractivity contribution in [1.82, 2.24) is 15.1 Å². The zero-order valence-corrected chi connectivity index (χ0v) is 11.2. The van der Waals surface area contributed by atoms with Gasteiger partial charge in [-0.2, -0.15) is 5.10 Å². The van der Waals surface area contributed by atoms with Gasteiger partial charge >= 0.3 is 0 Å². The first-order valence-corrected chi connectivity index (χ1v) is 6.66. The summed E-state index contributed by atoms with van der Waals surface area (Å²) in [6.07, 6.45) is 0.202. The molecular formula is C13H19F2N3O. The van der Waals surface area contributed by atoms with E-state index in [0.717, 1.165) is 23.9 Å². The molecule has 106 valence electrons. The summed E-state index contributed by atoms with van der Waals surface area (Å²) in [6, 6.07) is 1.47. The molecule has 1 fully saturated rings. The van der Waals surface area contributed by atoms with Gasteiger partial charge in [-0.3, -0.25) is 9.48 Å². The highest BCUT2D eigenvalue weighted by Gasteiger charge is 2.29. The molecule has 1 saturated carbocycles. The molecule has 6 heteroatoms. The Bertz CT molecular complexity index is 455. The van der Waals surface area contributed by atoms with E-state index in [1.165, 1.54) is 6.07 Å². The molecule has 0 spiro atoms. The van der Waals surface area contributed by atoms with Crippen LogP contribution < -0.4 is 5.32 Å². The lowest BCUT2D eigenvalue weighted by Gasteiger charge is -2.12. The molecule has 2 rings (SSSR count). The number of rotatable bonds is 6. The van der Waals surface area contributed by atoms with Gasteiger partial charge in [0.05, 0.1) is 5.69 Å². The van der Waals surface area contributed by atoms with Crippen LogP contribution in [0.15, 0.2) is 6.07 Å². The van der Waals surface area contributed by atoms with E-state index in [1.807, 2.05) is 13.8 Å². The van der Waals surface area contributed by atoms with Crippen molar-refractivity contribution in [2.75, 3.05) is 0 Å². The van der Waals surface area contributed by atoms with Crippen molar-refractivity contribution in [1.29, 1.82) is 0 Å². The van der Waals surface area contributed by atoms with Crippen LogP contribution in [0.1, 0.15) is 56.8 Å². The van der Waals surface area contributed by atoms with E-state index >= 15 is 0 Å². The van der Waals surface area contributed by atoms with E-state index < -0.39 is 6.43 Å². The number of carbonyl (C=O) groups excluding carboxylic acids is 1. The topological polar surface area (TPSA) is 46.9 Å². The van der Waals surface area contributed by atoms with Crippen LogP contribution in [0.3, 0.4) is 0 Å². The lowest BCUT2D eigenvalue weighted by Crippen LogP contribution is -2.35. The van der Waals surface area contributed by atoms with Crippen molar-refractivity contribution in [2.24, 2.45) is 0 Å². The van der Waals surface area contributed by atoms with Crippen molar-refractivity contribution in [3.63, 3.8) is 0 Å². The Balaban J connectivity index is 2.07. The summed E-state index contributed by atoms with van der Waals surface area (Å²) in [6.45, 7) is 3.69. The minimum atomic E-state index is -2.60. The number of carbonyl (C=O) groups is 1. The highest BCUT2D eigenvalue weighted by Crippen LogP contribution is 2.40. The molecule has 1 N–H and O–H groups in total. The molecule has 19 heavy (non-hydrogen) atoms. The molecule has 1 aromatic heterocycles. The van der Waals surface area contributed by atoms with Crippen LogP contribution in [0.2, 0.25) is 0 Å². The van der Waals surface area contributed by atoms with Gasteiger partial charge in [-0.1, -0.05) is 6.92 Å². The van der Waals surface area contributed by atoms with E-state index in [4.69, 9.17) is 0 Å². The number of amides is 1. The molecule has 1 aliphatic rings. The Morgan fingerprint density at radius 1 is 1.58 bits per heavy atom. The van der Waals surface area contributed by atoms with Gasteiger partial charge in [-0.15, -0.1) is 0 Å². The van der Waals surface area contributed by atoms with Gasteiger partial charge in [-0.05, 0) is 32.3 Å². The van der Waals surface area contributed by atoms with Crippen molar-refractivity contribution >= 4 is 5.91 Å². The molecule has 1 aromatic rings. The molecule has 0 radical (unpaired) electrons. The third-order valence-electron chi connectivity index (χ3n) is 3.36. The highest BCUT2D eigenvalue weighted by molar-refractivity contribution is 5.76. The van der Waals surface area contributed by atoms with Crippen molar-refractivity contribution in [2.45, 2.75) is 58.0 Å². The summed E-state index contributed by atoms with van der Waals surface area (Å²) < 4.78 is 27.0. The Kier molecular flexibility index (Phi) is 4.17. The van der Waals surface area contributed by atoms with Crippen molar-refractivity contribution in [3.8, 4) is 0 Å². The maximum Gasteiger partial charge on any atom is 0.280 e. The lowest BCUT2D eigenvalue weighted by atomic mass is 10.2. The quantitative estimate of drug-likeness (QED) is 0.864. The molecule has 0 saturated heterocycles. The molecule has 0 aliphatic heterocycles. The summed E-state index contributed by atoms with van der Waals surface area (Å²) in [5.41, 5.74) is 0.521. The number of nitrogens with one attached hydrogen (secondary N) is 1. The number of nitrogens with zero attached hydrogens (tertiary/aromatic N) is 2. The normalized spacial score (nSPS) is 16.7. The fourth-order valence-electron chi connectivity index (χ4n) is 1.89. The van der Waals surface area contributed by atoms with Gasteiger partial charge in [0, 0.05) is 12.0 Å². The van der Waals surface area contributed by atoms with Gasteiger partial charge < -0.3 is 5.32 Å². The minimum absolute atomic E-state index is 0.0426. The third kappa shape index (κ3) is 3.52. The molecule has 0 aromatic carbocycles. The summed E-state index contributed by atoms with van der Waals surface area (Å²) in [5.74, 6) is 0.0260. The van der Waals surface area contributed by atoms with Gasteiger partial charge in [0.25, 0.3) is 6.43 Å². The van der Waals surface area contributed by atoms with Crippen LogP contribution in [-0.4, -0.2) is 21.7 Å². The SMILES string of the molecule is CCC(C)NC(=O)Cn1nc(C2CC2)cc1C(F)F. The molecular weight excluding hydrogens is 252 g/mol. The fraction of sp³-hybridized carbons (Fsp3) is 0.692. The van der Waals surface area contributed by atoms with Crippen molar-refractivity contribution < 1.29 is 13.6 Å². The predicted molar refractivity (Wildman–Crippen MR) is 67.1 cm³/mol. The van der Waals surface area contributed by atoms with E-state index in [2.05, 4.69) is 10.4 Å². The standard InChI is InChI=1S/C13H19F2N3O/c1-3-8(2)16-12(19)7-18-11(13(14)15)6-10(17-18)9-4-5-9/h6,8-9,13H,3-5,7H2,1-2H3,(H,16,19). The highest BCUT2D eigenvalue weighted by atomic mass is 19.3. The Labute approximate surface area is 111 Å². The van der Waals surface area contributed by atoms with Gasteiger partial charge in [0.2, 0.25) is 5.91 Å². The fourth-order valence-corrected chi connectivity index (χ4v) is 1.89. The first kappa shape index (κ1) is 14.0.